The standard InChI is InChI=1S/C20H22BNO5/c23-11-10-17(14-6-2-1-3-7-14)20(24)22-19(21(25)26)12-15-13-27-18-9-5-4-8-16(15)18/h1-9,13,17,19,23,25-26H,10-12H2,(H,22,24)/t17-,19+/m0/s1. The summed E-state index contributed by atoms with van der Waals surface area (Å²) < 4.78 is 5.48. The largest absolute Gasteiger partial charge is 0.475 e. The normalized spacial score (nSPS) is 13.3. The minimum atomic E-state index is -1.73. The lowest BCUT2D eigenvalue weighted by atomic mass is 9.75. The molecule has 0 aliphatic carbocycles. The van der Waals surface area contributed by atoms with Crippen LogP contribution in [0.5, 0.6) is 0 Å². The summed E-state index contributed by atoms with van der Waals surface area (Å²) in [5, 5.41) is 32.5. The van der Waals surface area contributed by atoms with Gasteiger partial charge in [-0.25, -0.2) is 0 Å². The van der Waals surface area contributed by atoms with Gasteiger partial charge >= 0.3 is 7.12 Å². The number of aliphatic hydroxyl groups is 1. The quantitative estimate of drug-likeness (QED) is 0.454. The minimum absolute atomic E-state index is 0.147. The maximum absolute atomic E-state index is 12.8. The summed E-state index contributed by atoms with van der Waals surface area (Å²) in [5.74, 6) is -1.83. The van der Waals surface area contributed by atoms with Crippen molar-refractivity contribution in [3.63, 3.8) is 0 Å². The van der Waals surface area contributed by atoms with E-state index in [1.165, 1.54) is 0 Å². The van der Waals surface area contributed by atoms with E-state index in [1.54, 1.807) is 6.26 Å². The summed E-state index contributed by atoms with van der Waals surface area (Å²) in [6, 6.07) is 16.6. The second-order valence-electron chi connectivity index (χ2n) is 6.47. The van der Waals surface area contributed by atoms with E-state index in [4.69, 9.17) is 4.42 Å². The first-order chi connectivity index (χ1) is 13.1. The van der Waals surface area contributed by atoms with Crippen molar-refractivity contribution in [1.29, 1.82) is 0 Å². The Hall–Kier alpha value is -2.61. The first-order valence-electron chi connectivity index (χ1n) is 8.87. The summed E-state index contributed by atoms with van der Waals surface area (Å²) in [4.78, 5) is 12.8. The lowest BCUT2D eigenvalue weighted by molar-refractivity contribution is -0.123. The molecule has 4 N–H and O–H groups in total. The first-order valence-corrected chi connectivity index (χ1v) is 8.87. The topological polar surface area (TPSA) is 103 Å². The number of nitrogens with one attached hydrogen (secondary N) is 1. The van der Waals surface area contributed by atoms with Crippen LogP contribution < -0.4 is 5.32 Å². The summed E-state index contributed by atoms with van der Waals surface area (Å²) in [7, 11) is -1.73. The molecule has 0 fully saturated rings. The molecule has 0 aliphatic rings. The summed E-state index contributed by atoms with van der Waals surface area (Å²) >= 11 is 0. The molecule has 7 heteroatoms. The number of furan rings is 1. The Balaban J connectivity index is 1.77. The molecule has 6 nitrogen and oxygen atoms in total. The Morgan fingerprint density at radius 3 is 2.48 bits per heavy atom. The number of hydrogen-bond acceptors (Lipinski definition) is 5. The zero-order valence-corrected chi connectivity index (χ0v) is 14.8. The van der Waals surface area contributed by atoms with Crippen molar-refractivity contribution in [2.75, 3.05) is 6.61 Å². The maximum Gasteiger partial charge on any atom is 0.475 e. The average Bonchev–Trinajstić information content (AvgIpc) is 3.09. The highest BCUT2D eigenvalue weighted by molar-refractivity contribution is 6.43. The van der Waals surface area contributed by atoms with E-state index in [0.29, 0.717) is 5.58 Å². The van der Waals surface area contributed by atoms with E-state index >= 15 is 0 Å². The molecule has 2 atom stereocenters. The third-order valence-electron chi connectivity index (χ3n) is 4.62. The molecule has 3 aromatic rings. The van der Waals surface area contributed by atoms with Crippen LogP contribution in [0, 0.1) is 0 Å². The molecule has 1 aromatic heterocycles. The maximum atomic E-state index is 12.8. The number of aliphatic hydroxyl groups excluding tert-OH is 1. The highest BCUT2D eigenvalue weighted by atomic mass is 16.4. The Morgan fingerprint density at radius 2 is 1.78 bits per heavy atom. The van der Waals surface area contributed by atoms with Crippen LogP contribution in [0.3, 0.4) is 0 Å². The van der Waals surface area contributed by atoms with Gasteiger partial charge in [-0.1, -0.05) is 48.5 Å². The van der Waals surface area contributed by atoms with Gasteiger partial charge in [-0.2, -0.15) is 0 Å². The van der Waals surface area contributed by atoms with E-state index < -0.39 is 19.0 Å². The van der Waals surface area contributed by atoms with Crippen LogP contribution in [0.2, 0.25) is 0 Å². The van der Waals surface area contributed by atoms with Crippen molar-refractivity contribution in [2.24, 2.45) is 0 Å². The smallest absolute Gasteiger partial charge is 0.464 e. The molecule has 1 amide bonds. The van der Waals surface area contributed by atoms with Gasteiger partial charge < -0.3 is 24.9 Å². The van der Waals surface area contributed by atoms with Crippen molar-refractivity contribution >= 4 is 24.0 Å². The SMILES string of the molecule is O=C(N[C@H](Cc1coc2ccccc12)B(O)O)[C@@H](CCO)c1ccccc1. The number of amides is 1. The Morgan fingerprint density at radius 1 is 1.07 bits per heavy atom. The monoisotopic (exact) mass is 367 g/mol. The molecule has 3 rings (SSSR count). The molecule has 0 unspecified atom stereocenters. The van der Waals surface area contributed by atoms with Crippen LogP contribution >= 0.6 is 0 Å². The van der Waals surface area contributed by atoms with Crippen LogP contribution in [0.1, 0.15) is 23.5 Å². The fraction of sp³-hybridized carbons (Fsp3) is 0.250. The highest BCUT2D eigenvalue weighted by Gasteiger charge is 2.30. The van der Waals surface area contributed by atoms with E-state index in [1.807, 2.05) is 54.6 Å². The number of benzene rings is 2. The molecule has 1 heterocycles. The first kappa shape index (κ1) is 19.2. The number of carbonyl (C=O) groups is 1. The predicted octanol–water partition coefficient (Wildman–Crippen LogP) is 1.64. The Bertz CT molecular complexity index is 880. The molecular weight excluding hydrogens is 345 g/mol. The summed E-state index contributed by atoms with van der Waals surface area (Å²) in [6.07, 6.45) is 2.02. The van der Waals surface area contributed by atoms with E-state index in [9.17, 15) is 19.9 Å². The molecule has 0 bridgehead atoms. The molecule has 0 aliphatic heterocycles. The van der Waals surface area contributed by atoms with Gasteiger partial charge in [0.15, 0.2) is 0 Å². The molecule has 0 spiro atoms. The van der Waals surface area contributed by atoms with Crippen molar-refractivity contribution in [3.05, 3.63) is 72.0 Å². The Kier molecular flexibility index (Phi) is 6.29. The van der Waals surface area contributed by atoms with E-state index in [2.05, 4.69) is 5.32 Å². The van der Waals surface area contributed by atoms with Crippen LogP contribution in [-0.2, 0) is 11.2 Å². The molecule has 0 radical (unpaired) electrons. The third-order valence-corrected chi connectivity index (χ3v) is 4.62. The lowest BCUT2D eigenvalue weighted by Gasteiger charge is -2.22. The number of carbonyl (C=O) groups excluding carboxylic acids is 1. The fourth-order valence-corrected chi connectivity index (χ4v) is 3.21. The molecule has 2 aromatic carbocycles. The minimum Gasteiger partial charge on any atom is -0.464 e. The van der Waals surface area contributed by atoms with E-state index in [0.717, 1.165) is 16.5 Å². The number of para-hydroxylation sites is 1. The van der Waals surface area contributed by atoms with Gasteiger partial charge in [-0.3, -0.25) is 4.79 Å². The van der Waals surface area contributed by atoms with Crippen molar-refractivity contribution in [1.82, 2.24) is 5.32 Å². The van der Waals surface area contributed by atoms with Crippen molar-refractivity contribution in [3.8, 4) is 0 Å². The zero-order chi connectivity index (χ0) is 19.2. The second-order valence-corrected chi connectivity index (χ2v) is 6.47. The number of fused-ring (bicyclic) bond motifs is 1. The van der Waals surface area contributed by atoms with Gasteiger partial charge in [0.1, 0.15) is 5.58 Å². The van der Waals surface area contributed by atoms with Crippen molar-refractivity contribution in [2.45, 2.75) is 24.7 Å². The Labute approximate surface area is 157 Å². The van der Waals surface area contributed by atoms with Gasteiger partial charge in [-0.05, 0) is 30.0 Å². The lowest BCUT2D eigenvalue weighted by Crippen LogP contribution is -2.49. The van der Waals surface area contributed by atoms with Crippen LogP contribution in [-0.4, -0.2) is 40.7 Å². The van der Waals surface area contributed by atoms with E-state index in [-0.39, 0.29) is 25.4 Å². The van der Waals surface area contributed by atoms with Gasteiger partial charge in [0, 0.05) is 12.0 Å². The molecular formula is C20H22BNO5. The van der Waals surface area contributed by atoms with Crippen LogP contribution in [0.4, 0.5) is 0 Å². The van der Waals surface area contributed by atoms with Crippen LogP contribution in [0.15, 0.2) is 65.3 Å². The highest BCUT2D eigenvalue weighted by Crippen LogP contribution is 2.23. The van der Waals surface area contributed by atoms with Crippen LogP contribution in [0.25, 0.3) is 11.0 Å². The predicted molar refractivity (Wildman–Crippen MR) is 103 cm³/mol. The fourth-order valence-electron chi connectivity index (χ4n) is 3.21. The summed E-state index contributed by atoms with van der Waals surface area (Å²) in [6.45, 7) is -0.147. The van der Waals surface area contributed by atoms with Gasteiger partial charge in [0.2, 0.25) is 5.91 Å². The second kappa shape index (κ2) is 8.86. The average molecular weight is 367 g/mol. The molecule has 0 saturated carbocycles. The number of hydrogen-bond donors (Lipinski definition) is 4. The molecule has 0 saturated heterocycles. The van der Waals surface area contributed by atoms with Gasteiger partial charge in [0.25, 0.3) is 0 Å². The number of rotatable bonds is 8. The van der Waals surface area contributed by atoms with Gasteiger partial charge in [0.05, 0.1) is 18.1 Å². The van der Waals surface area contributed by atoms with Gasteiger partial charge in [-0.15, -0.1) is 0 Å². The zero-order valence-electron chi connectivity index (χ0n) is 14.8. The third kappa shape index (κ3) is 4.57. The molecule has 27 heavy (non-hydrogen) atoms. The van der Waals surface area contributed by atoms with Crippen molar-refractivity contribution < 1.29 is 24.4 Å². The summed E-state index contributed by atoms with van der Waals surface area (Å²) in [5.41, 5.74) is 2.25. The molecule has 140 valence electrons.